The van der Waals surface area contributed by atoms with Crippen LogP contribution in [-0.2, 0) is 0 Å². The summed E-state index contributed by atoms with van der Waals surface area (Å²) in [6, 6.07) is 0. The van der Waals surface area contributed by atoms with Crippen molar-refractivity contribution < 1.29 is 5.11 Å². The van der Waals surface area contributed by atoms with Crippen LogP contribution in [0, 0.1) is 0 Å². The molecule has 0 unspecified atom stereocenters. The summed E-state index contributed by atoms with van der Waals surface area (Å²) >= 11 is 0. The Morgan fingerprint density at radius 1 is 1.08 bits per heavy atom. The largest absolute Gasteiger partial charge is 0.390 e. The zero-order chi connectivity index (χ0) is 9.10. The SMILES string of the molecule is OC1CNC(N2CCNCC2)NC1. The molecular formula is C8H18N4O. The standard InChI is InChI=1S/C8H18N4O/c13-7-5-10-8(11-6-7)12-3-1-9-2-4-12/h7-11,13H,1-6H2. The third kappa shape index (κ3) is 2.38. The number of hydrogen-bond donors (Lipinski definition) is 4. The van der Waals surface area contributed by atoms with Crippen molar-refractivity contribution in [2.24, 2.45) is 0 Å². The molecule has 5 nitrogen and oxygen atoms in total. The molecule has 0 saturated carbocycles. The number of aliphatic hydroxyl groups is 1. The second-order valence-electron chi connectivity index (χ2n) is 3.66. The molecular weight excluding hydrogens is 168 g/mol. The fourth-order valence-electron chi connectivity index (χ4n) is 1.84. The van der Waals surface area contributed by atoms with E-state index in [-0.39, 0.29) is 12.4 Å². The van der Waals surface area contributed by atoms with Crippen molar-refractivity contribution in [2.45, 2.75) is 12.4 Å². The predicted molar refractivity (Wildman–Crippen MR) is 50.2 cm³/mol. The van der Waals surface area contributed by atoms with Crippen LogP contribution in [0.1, 0.15) is 0 Å². The van der Waals surface area contributed by atoms with Gasteiger partial charge in [-0.05, 0) is 0 Å². The summed E-state index contributed by atoms with van der Waals surface area (Å²) in [6.07, 6.45) is 0.0182. The molecule has 76 valence electrons. The van der Waals surface area contributed by atoms with Gasteiger partial charge in [0.15, 0.2) is 0 Å². The molecule has 2 aliphatic heterocycles. The molecule has 5 heteroatoms. The van der Waals surface area contributed by atoms with Gasteiger partial charge in [0.2, 0.25) is 0 Å². The molecule has 0 aromatic carbocycles. The predicted octanol–water partition coefficient (Wildman–Crippen LogP) is -2.27. The second kappa shape index (κ2) is 4.34. The fraction of sp³-hybridized carbons (Fsp3) is 1.00. The minimum atomic E-state index is -0.237. The van der Waals surface area contributed by atoms with E-state index >= 15 is 0 Å². The first-order chi connectivity index (χ1) is 6.36. The monoisotopic (exact) mass is 186 g/mol. The van der Waals surface area contributed by atoms with Gasteiger partial charge in [0.1, 0.15) is 6.29 Å². The second-order valence-corrected chi connectivity index (χ2v) is 3.66. The van der Waals surface area contributed by atoms with Crippen molar-refractivity contribution >= 4 is 0 Å². The van der Waals surface area contributed by atoms with E-state index in [1.807, 2.05) is 0 Å². The smallest absolute Gasteiger partial charge is 0.114 e. The van der Waals surface area contributed by atoms with Gasteiger partial charge in [-0.1, -0.05) is 0 Å². The summed E-state index contributed by atoms with van der Waals surface area (Å²) in [5, 5.41) is 19.1. The van der Waals surface area contributed by atoms with Crippen LogP contribution in [0.25, 0.3) is 0 Å². The molecule has 2 rings (SSSR count). The minimum Gasteiger partial charge on any atom is -0.390 e. The summed E-state index contributed by atoms with van der Waals surface area (Å²) in [6.45, 7) is 5.65. The lowest BCUT2D eigenvalue weighted by Gasteiger charge is -2.39. The van der Waals surface area contributed by atoms with E-state index in [0.717, 1.165) is 26.2 Å². The van der Waals surface area contributed by atoms with Crippen LogP contribution in [-0.4, -0.2) is 61.7 Å². The normalized spacial score (nSPS) is 37.6. The number of nitrogens with one attached hydrogen (secondary N) is 3. The van der Waals surface area contributed by atoms with Gasteiger partial charge in [0.25, 0.3) is 0 Å². The summed E-state index contributed by atoms with van der Waals surface area (Å²) in [5.41, 5.74) is 0. The molecule has 4 N–H and O–H groups in total. The quantitative estimate of drug-likeness (QED) is 0.372. The zero-order valence-corrected chi connectivity index (χ0v) is 7.79. The van der Waals surface area contributed by atoms with Crippen molar-refractivity contribution in [1.29, 1.82) is 0 Å². The maximum atomic E-state index is 9.27. The van der Waals surface area contributed by atoms with Gasteiger partial charge in [0, 0.05) is 39.3 Å². The van der Waals surface area contributed by atoms with E-state index in [1.54, 1.807) is 0 Å². The average Bonchev–Trinajstić information content (AvgIpc) is 2.20. The van der Waals surface area contributed by atoms with Crippen molar-refractivity contribution in [1.82, 2.24) is 20.9 Å². The number of rotatable bonds is 1. The maximum Gasteiger partial charge on any atom is 0.114 e. The number of β-amino-alcohol motifs (C(OH)–C–C–N with tert-alkyl or cyclic N) is 1. The Balaban J connectivity index is 1.79. The van der Waals surface area contributed by atoms with Crippen LogP contribution in [0.3, 0.4) is 0 Å². The van der Waals surface area contributed by atoms with Crippen molar-refractivity contribution in [3.63, 3.8) is 0 Å². The first-order valence-corrected chi connectivity index (χ1v) is 4.96. The van der Waals surface area contributed by atoms with Gasteiger partial charge < -0.3 is 10.4 Å². The lowest BCUT2D eigenvalue weighted by Crippen LogP contribution is -2.65. The van der Waals surface area contributed by atoms with Crippen molar-refractivity contribution in [3.8, 4) is 0 Å². The molecule has 0 atom stereocenters. The number of hydrogen-bond acceptors (Lipinski definition) is 5. The van der Waals surface area contributed by atoms with Crippen LogP contribution >= 0.6 is 0 Å². The van der Waals surface area contributed by atoms with E-state index in [0.29, 0.717) is 13.1 Å². The van der Waals surface area contributed by atoms with E-state index in [2.05, 4.69) is 20.9 Å². The Bertz CT molecular complexity index is 152. The molecule has 13 heavy (non-hydrogen) atoms. The highest BCUT2D eigenvalue weighted by Gasteiger charge is 2.24. The number of nitrogens with zero attached hydrogens (tertiary/aromatic N) is 1. The van der Waals surface area contributed by atoms with Gasteiger partial charge >= 0.3 is 0 Å². The lowest BCUT2D eigenvalue weighted by molar-refractivity contribution is 0.0519. The third-order valence-corrected chi connectivity index (χ3v) is 2.61. The molecule has 2 heterocycles. The van der Waals surface area contributed by atoms with E-state index in [1.165, 1.54) is 0 Å². The van der Waals surface area contributed by atoms with Gasteiger partial charge in [-0.2, -0.15) is 0 Å². The molecule has 0 bridgehead atoms. The van der Waals surface area contributed by atoms with Gasteiger partial charge in [-0.3, -0.25) is 15.5 Å². The van der Waals surface area contributed by atoms with E-state index in [4.69, 9.17) is 0 Å². The van der Waals surface area contributed by atoms with E-state index in [9.17, 15) is 5.11 Å². The lowest BCUT2D eigenvalue weighted by atomic mass is 10.3. The highest BCUT2D eigenvalue weighted by molar-refractivity contribution is 4.79. The van der Waals surface area contributed by atoms with E-state index < -0.39 is 0 Å². The summed E-state index contributed by atoms with van der Waals surface area (Å²) < 4.78 is 0. The molecule has 2 aliphatic rings. The molecule has 0 amide bonds. The Kier molecular flexibility index (Phi) is 3.13. The van der Waals surface area contributed by atoms with Crippen molar-refractivity contribution in [3.05, 3.63) is 0 Å². The van der Waals surface area contributed by atoms with Crippen LogP contribution in [0.5, 0.6) is 0 Å². The number of piperazine rings is 1. The third-order valence-electron chi connectivity index (χ3n) is 2.61. The number of aliphatic hydroxyl groups excluding tert-OH is 1. The summed E-state index contributed by atoms with van der Waals surface area (Å²) in [7, 11) is 0. The van der Waals surface area contributed by atoms with Crippen LogP contribution in [0.4, 0.5) is 0 Å². The molecule has 0 aromatic rings. The van der Waals surface area contributed by atoms with Gasteiger partial charge in [0.05, 0.1) is 6.10 Å². The van der Waals surface area contributed by atoms with Crippen molar-refractivity contribution in [2.75, 3.05) is 39.3 Å². The van der Waals surface area contributed by atoms with Gasteiger partial charge in [-0.15, -0.1) is 0 Å². The Labute approximate surface area is 78.5 Å². The zero-order valence-electron chi connectivity index (χ0n) is 7.79. The van der Waals surface area contributed by atoms with Gasteiger partial charge in [-0.25, -0.2) is 0 Å². The molecule has 0 aliphatic carbocycles. The van der Waals surface area contributed by atoms with Crippen LogP contribution < -0.4 is 16.0 Å². The Morgan fingerprint density at radius 2 is 1.69 bits per heavy atom. The highest BCUT2D eigenvalue weighted by Crippen LogP contribution is 1.99. The highest BCUT2D eigenvalue weighted by atomic mass is 16.3. The van der Waals surface area contributed by atoms with Crippen LogP contribution in [0.2, 0.25) is 0 Å². The first kappa shape index (κ1) is 9.36. The minimum absolute atomic E-state index is 0.237. The molecule has 0 radical (unpaired) electrons. The Hall–Kier alpha value is -0.200. The summed E-state index contributed by atoms with van der Waals surface area (Å²) in [4.78, 5) is 2.36. The first-order valence-electron chi connectivity index (χ1n) is 4.96. The maximum absolute atomic E-state index is 9.27. The fourth-order valence-corrected chi connectivity index (χ4v) is 1.84. The molecule has 2 fully saturated rings. The summed E-state index contributed by atoms with van der Waals surface area (Å²) in [5.74, 6) is 0. The van der Waals surface area contributed by atoms with Crippen LogP contribution in [0.15, 0.2) is 0 Å². The molecule has 0 spiro atoms. The topological polar surface area (TPSA) is 59.6 Å². The average molecular weight is 186 g/mol. The molecule has 0 aromatic heterocycles. The Morgan fingerprint density at radius 3 is 2.31 bits per heavy atom. The molecule has 2 saturated heterocycles.